The zero-order valence-corrected chi connectivity index (χ0v) is 13.8. The average Bonchev–Trinajstić information content (AvgIpc) is 2.40. The van der Waals surface area contributed by atoms with Crippen LogP contribution in [-0.2, 0) is 4.79 Å². The van der Waals surface area contributed by atoms with E-state index in [0.717, 1.165) is 40.9 Å². The molecule has 20 heavy (non-hydrogen) atoms. The molecule has 3 heteroatoms. The van der Waals surface area contributed by atoms with E-state index in [0.29, 0.717) is 6.54 Å². The van der Waals surface area contributed by atoms with Gasteiger partial charge in [0.1, 0.15) is 0 Å². The highest BCUT2D eigenvalue weighted by molar-refractivity contribution is 5.93. The maximum Gasteiger partial charge on any atom is 0.279 e. The minimum absolute atomic E-state index is 0.116. The Hall–Kier alpha value is -1.35. The molecule has 0 radical (unpaired) electrons. The number of hydrogen-bond acceptors (Lipinski definition) is 1. The van der Waals surface area contributed by atoms with Gasteiger partial charge in [-0.1, -0.05) is 17.7 Å². The smallest absolute Gasteiger partial charge is 0.279 e. The van der Waals surface area contributed by atoms with Crippen molar-refractivity contribution in [3.05, 3.63) is 28.8 Å². The number of carbonyl (C=O) groups is 1. The van der Waals surface area contributed by atoms with Gasteiger partial charge < -0.3 is 9.80 Å². The fourth-order valence-electron chi connectivity index (χ4n) is 2.87. The molecular formula is C17H29N2O+. The third-order valence-corrected chi connectivity index (χ3v) is 4.43. The highest BCUT2D eigenvalue weighted by Gasteiger charge is 2.25. The number of rotatable bonds is 6. The fourth-order valence-corrected chi connectivity index (χ4v) is 2.87. The molecule has 0 spiro atoms. The highest BCUT2D eigenvalue weighted by Crippen LogP contribution is 2.22. The Bertz CT molecular complexity index is 445. The molecule has 1 N–H and O–H groups in total. The van der Waals surface area contributed by atoms with Crippen molar-refractivity contribution in [3.8, 4) is 0 Å². The lowest BCUT2D eigenvalue weighted by Gasteiger charge is -2.35. The van der Waals surface area contributed by atoms with Crippen molar-refractivity contribution in [2.45, 2.75) is 41.5 Å². The number of aryl methyl sites for hydroxylation is 3. The van der Waals surface area contributed by atoms with Gasteiger partial charge in [-0.25, -0.2) is 0 Å². The molecule has 1 aromatic carbocycles. The summed E-state index contributed by atoms with van der Waals surface area (Å²) in [6.45, 7) is 16.2. The first-order chi connectivity index (χ1) is 9.37. The Labute approximate surface area is 123 Å². The molecule has 1 amide bonds. The molecule has 0 fully saturated rings. The molecule has 0 aliphatic rings. The van der Waals surface area contributed by atoms with E-state index in [9.17, 15) is 4.79 Å². The molecule has 0 saturated carbocycles. The Kier molecular flexibility index (Phi) is 5.75. The molecule has 0 saturated heterocycles. The first kappa shape index (κ1) is 16.7. The molecular weight excluding hydrogens is 248 g/mol. The topological polar surface area (TPSA) is 29.1 Å². The number of amides is 1. The van der Waals surface area contributed by atoms with E-state index in [4.69, 9.17) is 0 Å². The number of hydrogen-bond donors (Lipinski definition) is 1. The minimum atomic E-state index is 0.116. The summed E-state index contributed by atoms with van der Waals surface area (Å²) in [6, 6.07) is 4.23. The highest BCUT2D eigenvalue weighted by atomic mass is 16.2. The van der Waals surface area contributed by atoms with Crippen LogP contribution in [0.25, 0.3) is 0 Å². The fraction of sp³-hybridized carbons (Fsp3) is 0.588. The van der Waals surface area contributed by atoms with E-state index < -0.39 is 0 Å². The maximum atomic E-state index is 12.4. The Morgan fingerprint density at radius 2 is 1.45 bits per heavy atom. The van der Waals surface area contributed by atoms with Crippen LogP contribution in [0, 0.1) is 20.8 Å². The molecule has 0 aliphatic heterocycles. The van der Waals surface area contributed by atoms with Crippen molar-refractivity contribution in [2.75, 3.05) is 31.5 Å². The molecule has 0 aromatic heterocycles. The molecule has 1 rings (SSSR count). The maximum absolute atomic E-state index is 12.4. The van der Waals surface area contributed by atoms with Gasteiger partial charge in [0, 0.05) is 5.69 Å². The van der Waals surface area contributed by atoms with Gasteiger partial charge in [0.05, 0.1) is 19.6 Å². The molecule has 112 valence electrons. The predicted molar refractivity (Wildman–Crippen MR) is 86.0 cm³/mol. The lowest BCUT2D eigenvalue weighted by molar-refractivity contribution is -0.915. The predicted octanol–water partition coefficient (Wildman–Crippen LogP) is 3.43. The number of nitrogens with zero attached hydrogens (tertiary/aromatic N) is 1. The van der Waals surface area contributed by atoms with Crippen LogP contribution < -0.4 is 5.32 Å². The number of carbonyl (C=O) groups excluding carboxylic acids is 1. The Morgan fingerprint density at radius 3 is 1.85 bits per heavy atom. The second-order valence-electron chi connectivity index (χ2n) is 5.77. The monoisotopic (exact) mass is 277 g/mol. The Morgan fingerprint density at radius 1 is 1.00 bits per heavy atom. The summed E-state index contributed by atoms with van der Waals surface area (Å²) in [5.74, 6) is 0.116. The lowest BCUT2D eigenvalue weighted by Crippen LogP contribution is -2.52. The van der Waals surface area contributed by atoms with Crippen LogP contribution in [0.3, 0.4) is 0 Å². The molecule has 0 unspecified atom stereocenters. The van der Waals surface area contributed by atoms with Crippen molar-refractivity contribution in [2.24, 2.45) is 0 Å². The van der Waals surface area contributed by atoms with E-state index in [1.807, 2.05) is 0 Å². The zero-order valence-electron chi connectivity index (χ0n) is 13.8. The normalized spacial score (nSPS) is 11.5. The van der Waals surface area contributed by atoms with Crippen molar-refractivity contribution < 1.29 is 9.28 Å². The van der Waals surface area contributed by atoms with Crippen LogP contribution in [0.5, 0.6) is 0 Å². The van der Waals surface area contributed by atoms with Crippen LogP contribution in [0.15, 0.2) is 12.1 Å². The lowest BCUT2D eigenvalue weighted by atomic mass is 10.1. The van der Waals surface area contributed by atoms with Crippen molar-refractivity contribution in [3.63, 3.8) is 0 Å². The van der Waals surface area contributed by atoms with Gasteiger partial charge in [-0.2, -0.15) is 0 Å². The van der Waals surface area contributed by atoms with Crippen LogP contribution >= 0.6 is 0 Å². The van der Waals surface area contributed by atoms with E-state index in [1.54, 1.807) is 0 Å². The summed E-state index contributed by atoms with van der Waals surface area (Å²) < 4.78 is 0.843. The quantitative estimate of drug-likeness (QED) is 0.793. The van der Waals surface area contributed by atoms with Crippen LogP contribution in [0.4, 0.5) is 5.69 Å². The summed E-state index contributed by atoms with van der Waals surface area (Å²) in [7, 11) is 0. The van der Waals surface area contributed by atoms with Crippen LogP contribution in [0.1, 0.15) is 37.5 Å². The summed E-state index contributed by atoms with van der Waals surface area (Å²) in [6.07, 6.45) is 0. The number of likely N-dealkylation sites (N-methyl/N-ethyl adjacent to an activating group) is 1. The average molecular weight is 277 g/mol. The van der Waals surface area contributed by atoms with Gasteiger partial charge in [0.15, 0.2) is 6.54 Å². The van der Waals surface area contributed by atoms with Crippen molar-refractivity contribution in [1.82, 2.24) is 0 Å². The summed E-state index contributed by atoms with van der Waals surface area (Å²) in [4.78, 5) is 12.4. The molecule has 0 aliphatic carbocycles. The summed E-state index contributed by atoms with van der Waals surface area (Å²) >= 11 is 0. The standard InChI is InChI=1S/C17H28N2O/c1-7-19(8-2,9-3)12-16(20)18-17-14(5)10-13(4)11-15(17)6/h10-11H,7-9,12H2,1-6H3/p+1. The van der Waals surface area contributed by atoms with Crippen molar-refractivity contribution >= 4 is 11.6 Å². The van der Waals surface area contributed by atoms with Gasteiger partial charge in [0.2, 0.25) is 0 Å². The molecule has 0 atom stereocenters. The van der Waals surface area contributed by atoms with E-state index in [-0.39, 0.29) is 5.91 Å². The third-order valence-electron chi connectivity index (χ3n) is 4.43. The summed E-state index contributed by atoms with van der Waals surface area (Å²) in [5, 5.41) is 3.11. The first-order valence-electron chi connectivity index (χ1n) is 7.60. The molecule has 0 heterocycles. The first-order valence-corrected chi connectivity index (χ1v) is 7.60. The number of anilines is 1. The number of benzene rings is 1. The van der Waals surface area contributed by atoms with Crippen LogP contribution in [0.2, 0.25) is 0 Å². The summed E-state index contributed by atoms with van der Waals surface area (Å²) in [5.41, 5.74) is 4.48. The van der Waals surface area contributed by atoms with Gasteiger partial charge >= 0.3 is 0 Å². The largest absolute Gasteiger partial charge is 0.321 e. The second kappa shape index (κ2) is 6.89. The second-order valence-corrected chi connectivity index (χ2v) is 5.77. The third kappa shape index (κ3) is 3.83. The molecule has 0 bridgehead atoms. The van der Waals surface area contributed by atoms with Gasteiger partial charge in [0.25, 0.3) is 5.91 Å². The van der Waals surface area contributed by atoms with Crippen LogP contribution in [-0.4, -0.2) is 36.6 Å². The van der Waals surface area contributed by atoms with Gasteiger partial charge in [-0.3, -0.25) is 4.79 Å². The van der Waals surface area contributed by atoms with Gasteiger partial charge in [-0.15, -0.1) is 0 Å². The van der Waals surface area contributed by atoms with Crippen molar-refractivity contribution in [1.29, 1.82) is 0 Å². The zero-order chi connectivity index (χ0) is 15.3. The number of nitrogens with one attached hydrogen (secondary N) is 1. The Balaban J connectivity index is 2.87. The van der Waals surface area contributed by atoms with E-state index in [1.165, 1.54) is 5.56 Å². The molecule has 1 aromatic rings. The van der Waals surface area contributed by atoms with E-state index in [2.05, 4.69) is 59.0 Å². The SMILES string of the molecule is CC[N+](CC)(CC)CC(=O)Nc1c(C)cc(C)cc1C. The minimum Gasteiger partial charge on any atom is -0.321 e. The van der Waals surface area contributed by atoms with Gasteiger partial charge in [-0.05, 0) is 52.7 Å². The van der Waals surface area contributed by atoms with E-state index >= 15 is 0 Å². The molecule has 3 nitrogen and oxygen atoms in total. The number of quaternary nitrogens is 1.